The van der Waals surface area contributed by atoms with E-state index in [2.05, 4.69) is 0 Å². The number of carboxylic acid groups (broad SMARTS) is 1. The summed E-state index contributed by atoms with van der Waals surface area (Å²) in [5, 5.41) is 9.09. The van der Waals surface area contributed by atoms with Crippen LogP contribution in [0.2, 0.25) is 0 Å². The number of benzene rings is 1. The van der Waals surface area contributed by atoms with Crippen molar-refractivity contribution in [2.75, 3.05) is 13.1 Å². The molecule has 3 nitrogen and oxygen atoms in total. The number of halogens is 2. The average Bonchev–Trinajstić information content (AvgIpc) is 2.70. The predicted octanol–water partition coefficient (Wildman–Crippen LogP) is 2.68. The number of carboxylic acids is 1. The maximum atomic E-state index is 13.7. The Labute approximate surface area is 110 Å². The second-order valence-electron chi connectivity index (χ2n) is 5.22. The number of carbonyl (C=O) groups is 1. The van der Waals surface area contributed by atoms with Gasteiger partial charge in [0.05, 0.1) is 5.92 Å². The standard InChI is InChI=1S/C14H17F2NO2/c1-8-6-17(7-12(8)14(18)19)9(2)11-4-3-10(15)5-13(11)16/h3-5,8-9,12H,6-7H2,1-2H3,(H,18,19)/t8-,9?,12-/m1/s1. The molecule has 3 atom stereocenters. The van der Waals surface area contributed by atoms with Crippen LogP contribution in [0.15, 0.2) is 18.2 Å². The number of aliphatic carboxylic acids is 1. The number of nitrogens with zero attached hydrogens (tertiary/aromatic N) is 1. The third kappa shape index (κ3) is 2.76. The summed E-state index contributed by atoms with van der Waals surface area (Å²) in [5.41, 5.74) is 0.402. The molecule has 0 amide bonds. The molecule has 0 bridgehead atoms. The SMILES string of the molecule is CC(c1ccc(F)cc1F)N1C[C@@H](C)[C@H](C(=O)O)C1. The van der Waals surface area contributed by atoms with Gasteiger partial charge in [0, 0.05) is 30.8 Å². The second-order valence-corrected chi connectivity index (χ2v) is 5.22. The van der Waals surface area contributed by atoms with E-state index >= 15 is 0 Å². The van der Waals surface area contributed by atoms with Crippen LogP contribution in [0.5, 0.6) is 0 Å². The van der Waals surface area contributed by atoms with E-state index in [0.717, 1.165) is 6.07 Å². The molecule has 1 aromatic carbocycles. The number of hydrogen-bond acceptors (Lipinski definition) is 2. The molecule has 104 valence electrons. The first-order chi connectivity index (χ1) is 8.90. The van der Waals surface area contributed by atoms with Gasteiger partial charge in [0.1, 0.15) is 11.6 Å². The van der Waals surface area contributed by atoms with E-state index in [-0.39, 0.29) is 12.0 Å². The zero-order valence-corrected chi connectivity index (χ0v) is 10.9. The van der Waals surface area contributed by atoms with E-state index in [1.165, 1.54) is 12.1 Å². The van der Waals surface area contributed by atoms with Crippen molar-refractivity contribution in [1.29, 1.82) is 0 Å². The van der Waals surface area contributed by atoms with E-state index in [9.17, 15) is 13.6 Å². The summed E-state index contributed by atoms with van der Waals surface area (Å²) < 4.78 is 26.6. The molecular formula is C14H17F2NO2. The molecule has 1 heterocycles. The largest absolute Gasteiger partial charge is 0.481 e. The van der Waals surface area contributed by atoms with Gasteiger partial charge in [-0.05, 0) is 18.9 Å². The van der Waals surface area contributed by atoms with Gasteiger partial charge in [-0.15, -0.1) is 0 Å². The molecule has 1 aromatic rings. The quantitative estimate of drug-likeness (QED) is 0.917. The van der Waals surface area contributed by atoms with E-state index in [4.69, 9.17) is 5.11 Å². The maximum absolute atomic E-state index is 13.7. The first kappa shape index (κ1) is 13.9. The fourth-order valence-corrected chi connectivity index (χ4v) is 2.68. The van der Waals surface area contributed by atoms with Gasteiger partial charge in [-0.2, -0.15) is 0 Å². The summed E-state index contributed by atoms with van der Waals surface area (Å²) in [6, 6.07) is 3.25. The Balaban J connectivity index is 2.17. The van der Waals surface area contributed by atoms with Crippen molar-refractivity contribution in [3.63, 3.8) is 0 Å². The summed E-state index contributed by atoms with van der Waals surface area (Å²) in [7, 11) is 0. The topological polar surface area (TPSA) is 40.5 Å². The zero-order chi connectivity index (χ0) is 14.2. The molecule has 1 aliphatic rings. The lowest BCUT2D eigenvalue weighted by molar-refractivity contribution is -0.142. The van der Waals surface area contributed by atoms with Gasteiger partial charge in [-0.25, -0.2) is 8.78 Å². The van der Waals surface area contributed by atoms with Crippen LogP contribution < -0.4 is 0 Å². The van der Waals surface area contributed by atoms with Gasteiger partial charge in [-0.3, -0.25) is 9.69 Å². The third-order valence-corrected chi connectivity index (χ3v) is 3.92. The Bertz CT molecular complexity index is 492. The van der Waals surface area contributed by atoms with Gasteiger partial charge < -0.3 is 5.11 Å². The van der Waals surface area contributed by atoms with Gasteiger partial charge in [-0.1, -0.05) is 13.0 Å². The second kappa shape index (κ2) is 5.25. The van der Waals surface area contributed by atoms with Crippen LogP contribution in [0.3, 0.4) is 0 Å². The molecule has 5 heteroatoms. The molecule has 0 saturated carbocycles. The lowest BCUT2D eigenvalue weighted by atomic mass is 9.99. The van der Waals surface area contributed by atoms with E-state index in [1.54, 1.807) is 0 Å². The van der Waals surface area contributed by atoms with E-state index in [0.29, 0.717) is 18.7 Å². The van der Waals surface area contributed by atoms with Gasteiger partial charge in [0.15, 0.2) is 0 Å². The minimum absolute atomic E-state index is 0.0310. The molecule has 0 aliphatic carbocycles. The van der Waals surface area contributed by atoms with Crippen LogP contribution in [-0.4, -0.2) is 29.1 Å². The highest BCUT2D eigenvalue weighted by molar-refractivity contribution is 5.71. The van der Waals surface area contributed by atoms with Crippen molar-refractivity contribution < 1.29 is 18.7 Å². The molecular weight excluding hydrogens is 252 g/mol. The Morgan fingerprint density at radius 2 is 2.11 bits per heavy atom. The molecule has 1 unspecified atom stereocenters. The molecule has 0 aromatic heterocycles. The highest BCUT2D eigenvalue weighted by Gasteiger charge is 2.37. The van der Waals surface area contributed by atoms with Gasteiger partial charge >= 0.3 is 5.97 Å². The molecule has 0 radical (unpaired) electrons. The van der Waals surface area contributed by atoms with Crippen molar-refractivity contribution in [2.45, 2.75) is 19.9 Å². The summed E-state index contributed by atoms with van der Waals surface area (Å²) in [5.74, 6) is -2.40. The minimum Gasteiger partial charge on any atom is -0.481 e. The van der Waals surface area contributed by atoms with Crippen molar-refractivity contribution in [2.24, 2.45) is 11.8 Å². The lowest BCUT2D eigenvalue weighted by Gasteiger charge is -2.25. The maximum Gasteiger partial charge on any atom is 0.308 e. The fraction of sp³-hybridized carbons (Fsp3) is 0.500. The van der Waals surface area contributed by atoms with Crippen molar-refractivity contribution in [3.05, 3.63) is 35.4 Å². The molecule has 1 saturated heterocycles. The summed E-state index contributed by atoms with van der Waals surface area (Å²) in [4.78, 5) is 13.0. The van der Waals surface area contributed by atoms with Crippen molar-refractivity contribution in [1.82, 2.24) is 4.90 Å². The highest BCUT2D eigenvalue weighted by Crippen LogP contribution is 2.32. The molecule has 19 heavy (non-hydrogen) atoms. The number of rotatable bonds is 3. The Morgan fingerprint density at radius 1 is 1.42 bits per heavy atom. The molecule has 1 fully saturated rings. The van der Waals surface area contributed by atoms with Gasteiger partial charge in [0.25, 0.3) is 0 Å². The molecule has 2 rings (SSSR count). The molecule has 0 spiro atoms. The van der Waals surface area contributed by atoms with Crippen molar-refractivity contribution in [3.8, 4) is 0 Å². The number of likely N-dealkylation sites (tertiary alicyclic amines) is 1. The first-order valence-corrected chi connectivity index (χ1v) is 6.32. The van der Waals surface area contributed by atoms with E-state index < -0.39 is 23.5 Å². The van der Waals surface area contributed by atoms with Crippen molar-refractivity contribution >= 4 is 5.97 Å². The summed E-state index contributed by atoms with van der Waals surface area (Å²) >= 11 is 0. The Hall–Kier alpha value is -1.49. The van der Waals surface area contributed by atoms with Crippen LogP contribution in [0.4, 0.5) is 8.78 Å². The first-order valence-electron chi connectivity index (χ1n) is 6.32. The zero-order valence-electron chi connectivity index (χ0n) is 10.9. The normalized spacial score (nSPS) is 25.5. The third-order valence-electron chi connectivity index (χ3n) is 3.92. The summed E-state index contributed by atoms with van der Waals surface area (Å²) in [6.45, 7) is 4.70. The fourth-order valence-electron chi connectivity index (χ4n) is 2.68. The highest BCUT2D eigenvalue weighted by atomic mass is 19.1. The van der Waals surface area contributed by atoms with Crippen LogP contribution in [-0.2, 0) is 4.79 Å². The van der Waals surface area contributed by atoms with Crippen LogP contribution in [0.25, 0.3) is 0 Å². The number of hydrogen-bond donors (Lipinski definition) is 1. The van der Waals surface area contributed by atoms with Gasteiger partial charge in [0.2, 0.25) is 0 Å². The smallest absolute Gasteiger partial charge is 0.308 e. The average molecular weight is 269 g/mol. The Kier molecular flexibility index (Phi) is 3.85. The van der Waals surface area contributed by atoms with Crippen LogP contribution in [0.1, 0.15) is 25.5 Å². The monoisotopic (exact) mass is 269 g/mol. The molecule has 1 N–H and O–H groups in total. The van der Waals surface area contributed by atoms with E-state index in [1.807, 2.05) is 18.7 Å². The Morgan fingerprint density at radius 3 is 2.63 bits per heavy atom. The molecule has 1 aliphatic heterocycles. The summed E-state index contributed by atoms with van der Waals surface area (Å²) in [6.07, 6.45) is 0. The lowest BCUT2D eigenvalue weighted by Crippen LogP contribution is -2.26. The van der Waals surface area contributed by atoms with Crippen LogP contribution >= 0.6 is 0 Å². The van der Waals surface area contributed by atoms with Crippen LogP contribution in [0, 0.1) is 23.5 Å². The predicted molar refractivity (Wildman–Crippen MR) is 66.6 cm³/mol. The minimum atomic E-state index is -0.818.